The van der Waals surface area contributed by atoms with Gasteiger partial charge in [-0.2, -0.15) is 0 Å². The van der Waals surface area contributed by atoms with Crippen LogP contribution in [0.3, 0.4) is 0 Å². The van der Waals surface area contributed by atoms with Crippen LogP contribution in [0.4, 0.5) is 0 Å². The molecule has 3 nitrogen and oxygen atoms in total. The molecule has 0 atom stereocenters. The van der Waals surface area contributed by atoms with Gasteiger partial charge in [-0.3, -0.25) is 0 Å². The van der Waals surface area contributed by atoms with Crippen molar-refractivity contribution in [1.29, 1.82) is 0 Å². The highest BCUT2D eigenvalue weighted by molar-refractivity contribution is 7.92. The Kier molecular flexibility index (Phi) is 5.77. The van der Waals surface area contributed by atoms with Crippen LogP contribution in [0.25, 0.3) is 0 Å². The van der Waals surface area contributed by atoms with Crippen LogP contribution in [-0.4, -0.2) is 36.9 Å². The minimum absolute atomic E-state index is 0.102. The molecule has 0 aliphatic heterocycles. The maximum atomic E-state index is 11.8. The maximum Gasteiger partial charge on any atom is 0.156 e. The molecule has 0 aliphatic rings. The van der Waals surface area contributed by atoms with Gasteiger partial charge in [-0.1, -0.05) is 0 Å². The molecule has 98 valence electrons. The minimum Gasteiger partial charge on any atom is -0.311 e. The molecular weight excluding hydrogens is 246 g/mol. The number of alkyl halides is 1. The smallest absolute Gasteiger partial charge is 0.156 e. The third kappa shape index (κ3) is 5.51. The summed E-state index contributed by atoms with van der Waals surface area (Å²) < 4.78 is 23.0. The van der Waals surface area contributed by atoms with Gasteiger partial charge in [0.2, 0.25) is 0 Å². The molecule has 16 heavy (non-hydrogen) atoms. The molecule has 0 aromatic carbocycles. The highest BCUT2D eigenvalue weighted by Crippen LogP contribution is 2.16. The van der Waals surface area contributed by atoms with E-state index >= 15 is 0 Å². The van der Waals surface area contributed by atoms with Crippen LogP contribution in [-0.2, 0) is 9.84 Å². The molecule has 5 heteroatoms. The van der Waals surface area contributed by atoms with Crippen LogP contribution in [0.15, 0.2) is 0 Å². The van der Waals surface area contributed by atoms with Crippen molar-refractivity contribution in [3.63, 3.8) is 0 Å². The first-order valence-electron chi connectivity index (χ1n) is 5.55. The third-order valence-corrected chi connectivity index (χ3v) is 5.42. The first-order chi connectivity index (χ1) is 7.02. The largest absolute Gasteiger partial charge is 0.311 e. The molecular formula is C11H24ClNO2S. The molecule has 0 fully saturated rings. The zero-order chi connectivity index (χ0) is 13.0. The Morgan fingerprint density at radius 2 is 1.62 bits per heavy atom. The van der Waals surface area contributed by atoms with Crippen molar-refractivity contribution in [2.24, 2.45) is 0 Å². The molecule has 0 aromatic heterocycles. The molecule has 0 aliphatic carbocycles. The SMILES string of the molecule is CC(C)(CCCl)NCCS(=O)(=O)C(C)(C)C. The normalized spacial score (nSPS) is 14.1. The molecule has 0 saturated heterocycles. The summed E-state index contributed by atoms with van der Waals surface area (Å²) in [6.07, 6.45) is 0.824. The lowest BCUT2D eigenvalue weighted by molar-refractivity contribution is 0.388. The fraction of sp³-hybridized carbons (Fsp3) is 1.00. The zero-order valence-corrected chi connectivity index (χ0v) is 12.5. The van der Waals surface area contributed by atoms with Gasteiger partial charge in [-0.25, -0.2) is 8.42 Å². The van der Waals surface area contributed by atoms with Gasteiger partial charge in [0.15, 0.2) is 9.84 Å². The van der Waals surface area contributed by atoms with E-state index in [9.17, 15) is 8.42 Å². The Morgan fingerprint density at radius 3 is 2.00 bits per heavy atom. The van der Waals surface area contributed by atoms with Crippen LogP contribution >= 0.6 is 11.6 Å². The average Bonchev–Trinajstić information content (AvgIpc) is 2.00. The van der Waals surface area contributed by atoms with Gasteiger partial charge in [0.1, 0.15) is 0 Å². The number of hydrogen-bond acceptors (Lipinski definition) is 3. The quantitative estimate of drug-likeness (QED) is 0.752. The van der Waals surface area contributed by atoms with Crippen LogP contribution in [0, 0.1) is 0 Å². The van der Waals surface area contributed by atoms with Gasteiger partial charge >= 0.3 is 0 Å². The van der Waals surface area contributed by atoms with Crippen molar-refractivity contribution < 1.29 is 8.42 Å². The Morgan fingerprint density at radius 1 is 1.12 bits per heavy atom. The lowest BCUT2D eigenvalue weighted by Crippen LogP contribution is -2.44. The zero-order valence-electron chi connectivity index (χ0n) is 10.9. The van der Waals surface area contributed by atoms with E-state index in [-0.39, 0.29) is 11.3 Å². The van der Waals surface area contributed by atoms with Crippen LogP contribution in [0.1, 0.15) is 41.0 Å². The summed E-state index contributed by atoms with van der Waals surface area (Å²) in [4.78, 5) is 0. The van der Waals surface area contributed by atoms with Gasteiger partial charge < -0.3 is 5.32 Å². The Hall–Kier alpha value is 0.200. The number of halogens is 1. The van der Waals surface area contributed by atoms with Crippen molar-refractivity contribution in [3.8, 4) is 0 Å². The predicted molar refractivity (Wildman–Crippen MR) is 71.0 cm³/mol. The molecule has 0 bridgehead atoms. The number of nitrogens with one attached hydrogen (secondary N) is 1. The molecule has 0 spiro atoms. The average molecular weight is 270 g/mol. The summed E-state index contributed by atoms with van der Waals surface area (Å²) in [5.41, 5.74) is -0.102. The van der Waals surface area contributed by atoms with E-state index in [1.54, 1.807) is 20.8 Å². The minimum atomic E-state index is -3.03. The van der Waals surface area contributed by atoms with E-state index in [0.29, 0.717) is 12.4 Å². The second-order valence-corrected chi connectivity index (χ2v) is 8.92. The lowest BCUT2D eigenvalue weighted by atomic mass is 10.0. The fourth-order valence-electron chi connectivity index (χ4n) is 1.15. The van der Waals surface area contributed by atoms with E-state index in [1.807, 2.05) is 13.8 Å². The predicted octanol–water partition coefficient (Wildman–Crippen LogP) is 2.20. The third-order valence-electron chi connectivity index (χ3n) is 2.63. The van der Waals surface area contributed by atoms with Gasteiger partial charge in [0.05, 0.1) is 10.5 Å². The standard InChI is InChI=1S/C11H24ClNO2S/c1-10(2,3)16(14,15)9-8-13-11(4,5)6-7-12/h13H,6-9H2,1-5H3. The summed E-state index contributed by atoms with van der Waals surface area (Å²) in [6, 6.07) is 0. The molecule has 0 unspecified atom stereocenters. The number of rotatable bonds is 6. The maximum absolute atomic E-state index is 11.8. The van der Waals surface area contributed by atoms with Crippen LogP contribution in [0.5, 0.6) is 0 Å². The van der Waals surface area contributed by atoms with E-state index < -0.39 is 14.6 Å². The van der Waals surface area contributed by atoms with E-state index in [0.717, 1.165) is 6.42 Å². The summed E-state index contributed by atoms with van der Waals surface area (Å²) in [7, 11) is -3.03. The van der Waals surface area contributed by atoms with Crippen molar-refractivity contribution in [1.82, 2.24) is 5.32 Å². The molecule has 0 radical (unpaired) electrons. The topological polar surface area (TPSA) is 46.2 Å². The van der Waals surface area contributed by atoms with E-state index in [2.05, 4.69) is 5.32 Å². The summed E-state index contributed by atoms with van der Waals surface area (Å²) in [5, 5.41) is 3.22. The monoisotopic (exact) mass is 269 g/mol. The molecule has 0 heterocycles. The van der Waals surface area contributed by atoms with Gasteiger partial charge in [0.25, 0.3) is 0 Å². The van der Waals surface area contributed by atoms with E-state index in [1.165, 1.54) is 0 Å². The summed E-state index contributed by atoms with van der Waals surface area (Å²) in [6.45, 7) is 9.71. The highest BCUT2D eigenvalue weighted by Gasteiger charge is 2.28. The van der Waals surface area contributed by atoms with Gasteiger partial charge in [0, 0.05) is 18.0 Å². The first-order valence-corrected chi connectivity index (χ1v) is 7.74. The van der Waals surface area contributed by atoms with E-state index in [4.69, 9.17) is 11.6 Å². The van der Waals surface area contributed by atoms with Gasteiger partial charge in [-0.15, -0.1) is 11.6 Å². The van der Waals surface area contributed by atoms with Crippen molar-refractivity contribution in [3.05, 3.63) is 0 Å². The summed E-state index contributed by atoms with van der Waals surface area (Å²) in [5.74, 6) is 0.744. The molecule has 0 rings (SSSR count). The number of hydrogen-bond donors (Lipinski definition) is 1. The molecule has 0 aromatic rings. The Balaban J connectivity index is 4.19. The van der Waals surface area contributed by atoms with Crippen LogP contribution < -0.4 is 5.32 Å². The van der Waals surface area contributed by atoms with Crippen LogP contribution in [0.2, 0.25) is 0 Å². The second-order valence-electron chi connectivity index (χ2n) is 5.68. The highest BCUT2D eigenvalue weighted by atomic mass is 35.5. The summed E-state index contributed by atoms with van der Waals surface area (Å²) >= 11 is 5.67. The van der Waals surface area contributed by atoms with Crippen molar-refractivity contribution in [2.45, 2.75) is 51.3 Å². The lowest BCUT2D eigenvalue weighted by Gasteiger charge is -2.26. The molecule has 1 N–H and O–H groups in total. The molecule has 0 amide bonds. The number of sulfone groups is 1. The Bertz CT molecular complexity index is 304. The molecule has 0 saturated carbocycles. The first kappa shape index (κ1) is 16.2. The Labute approximate surface area is 105 Å². The fourth-order valence-corrected chi connectivity index (χ4v) is 2.61. The van der Waals surface area contributed by atoms with Crippen molar-refractivity contribution >= 4 is 21.4 Å². The van der Waals surface area contributed by atoms with Crippen molar-refractivity contribution in [2.75, 3.05) is 18.2 Å². The second kappa shape index (κ2) is 5.69. The van der Waals surface area contributed by atoms with Gasteiger partial charge in [-0.05, 0) is 41.0 Å².